The zero-order valence-electron chi connectivity index (χ0n) is 22.4. The Hall–Kier alpha value is -1.36. The van der Waals surface area contributed by atoms with Crippen molar-refractivity contribution < 1.29 is 19.8 Å². The van der Waals surface area contributed by atoms with Gasteiger partial charge in [-0.2, -0.15) is 0 Å². The summed E-state index contributed by atoms with van der Waals surface area (Å²) in [5.74, 6) is 2.24. The maximum Gasteiger partial charge on any atom is 0.303 e. The van der Waals surface area contributed by atoms with Crippen LogP contribution in [-0.4, -0.2) is 34.7 Å². The lowest BCUT2D eigenvalue weighted by molar-refractivity contribution is -0.137. The van der Waals surface area contributed by atoms with E-state index in [-0.39, 0.29) is 35.2 Å². The molecule has 0 spiro atoms. The van der Waals surface area contributed by atoms with Crippen LogP contribution in [0.25, 0.3) is 0 Å². The zero-order valence-corrected chi connectivity index (χ0v) is 22.4. The van der Waals surface area contributed by atoms with Gasteiger partial charge in [-0.15, -0.1) is 0 Å². The number of carbonyl (C=O) groups excluding carboxylic acids is 1. The van der Waals surface area contributed by atoms with Gasteiger partial charge in [-0.1, -0.05) is 51.7 Å². The minimum Gasteiger partial charge on any atom is -0.481 e. The fourth-order valence-electron chi connectivity index (χ4n) is 8.99. The zero-order chi connectivity index (χ0) is 25.2. The largest absolute Gasteiger partial charge is 0.481 e. The molecule has 5 nitrogen and oxygen atoms in total. The molecule has 3 saturated carbocycles. The van der Waals surface area contributed by atoms with Crippen LogP contribution in [0.5, 0.6) is 0 Å². The van der Waals surface area contributed by atoms with Crippen LogP contribution in [-0.2, 0) is 9.59 Å². The number of allylic oxidation sites excluding steroid dienone is 1. The first-order valence-electron chi connectivity index (χ1n) is 14.5. The fourth-order valence-corrected chi connectivity index (χ4v) is 8.99. The third-order valence-electron chi connectivity index (χ3n) is 11.0. The van der Waals surface area contributed by atoms with E-state index in [9.17, 15) is 14.7 Å². The number of rotatable bonds is 10. The number of hydrogen-bond acceptors (Lipinski definition) is 3. The Kier molecular flexibility index (Phi) is 8.35. The molecule has 0 aromatic rings. The van der Waals surface area contributed by atoms with Crippen LogP contribution >= 0.6 is 0 Å². The number of unbranched alkanes of at least 4 members (excludes halogenated alkanes) is 4. The summed E-state index contributed by atoms with van der Waals surface area (Å²) in [6.45, 7) is 7.88. The first-order valence-corrected chi connectivity index (χ1v) is 14.5. The van der Waals surface area contributed by atoms with Crippen molar-refractivity contribution in [3.63, 3.8) is 0 Å². The molecule has 4 aliphatic rings. The Balaban J connectivity index is 1.29. The molecule has 0 saturated heterocycles. The lowest BCUT2D eigenvalue weighted by atomic mass is 9.47. The van der Waals surface area contributed by atoms with Crippen molar-refractivity contribution in [3.05, 3.63) is 11.6 Å². The molecular formula is C30H49NO4. The molecule has 0 aromatic heterocycles. The number of carbonyl (C=O) groups is 2. The molecule has 0 aromatic carbocycles. The predicted octanol–water partition coefficient (Wildman–Crippen LogP) is 6.10. The maximum atomic E-state index is 13.1. The summed E-state index contributed by atoms with van der Waals surface area (Å²) in [7, 11) is 0. The predicted molar refractivity (Wildman–Crippen MR) is 139 cm³/mol. The van der Waals surface area contributed by atoms with E-state index >= 15 is 0 Å². The van der Waals surface area contributed by atoms with Crippen molar-refractivity contribution in [2.75, 3.05) is 6.54 Å². The topological polar surface area (TPSA) is 86.6 Å². The second-order valence-corrected chi connectivity index (χ2v) is 12.9. The number of carboxylic acids is 1. The van der Waals surface area contributed by atoms with Gasteiger partial charge < -0.3 is 15.5 Å². The van der Waals surface area contributed by atoms with Crippen LogP contribution in [0.4, 0.5) is 0 Å². The molecule has 0 aliphatic heterocycles. The van der Waals surface area contributed by atoms with Crippen LogP contribution < -0.4 is 5.32 Å². The van der Waals surface area contributed by atoms with Gasteiger partial charge in [-0.25, -0.2) is 0 Å². The Morgan fingerprint density at radius 1 is 1.03 bits per heavy atom. The SMILES string of the molecule is C[C@H](C(=O)NCCCCCCCC(=O)O)[C@H]1CC[C@H]2[C@@H]3CC=C4C[C@@H](O)CC[C@]4(C)[C@H]3CC[C@]12C. The number of fused-ring (bicyclic) bond motifs is 5. The van der Waals surface area contributed by atoms with Crippen LogP contribution in [0.15, 0.2) is 11.6 Å². The molecular weight excluding hydrogens is 438 g/mol. The van der Waals surface area contributed by atoms with E-state index in [0.29, 0.717) is 11.8 Å². The van der Waals surface area contributed by atoms with Crippen molar-refractivity contribution in [1.29, 1.82) is 0 Å². The van der Waals surface area contributed by atoms with E-state index in [4.69, 9.17) is 5.11 Å². The van der Waals surface area contributed by atoms with E-state index in [1.54, 1.807) is 0 Å². The summed E-state index contributed by atoms with van der Waals surface area (Å²) in [5.41, 5.74) is 2.07. The number of aliphatic hydroxyl groups excluding tert-OH is 1. The summed E-state index contributed by atoms with van der Waals surface area (Å²) in [6.07, 6.45) is 16.5. The van der Waals surface area contributed by atoms with Gasteiger partial charge in [0.2, 0.25) is 5.91 Å². The van der Waals surface area contributed by atoms with Crippen LogP contribution in [0.2, 0.25) is 0 Å². The highest BCUT2D eigenvalue weighted by atomic mass is 16.4. The van der Waals surface area contributed by atoms with E-state index in [1.807, 2.05) is 0 Å². The highest BCUT2D eigenvalue weighted by Crippen LogP contribution is 2.67. The van der Waals surface area contributed by atoms with E-state index in [0.717, 1.165) is 69.7 Å². The summed E-state index contributed by atoms with van der Waals surface area (Å²) in [6, 6.07) is 0. The number of carboxylic acid groups (broad SMARTS) is 1. The summed E-state index contributed by atoms with van der Waals surface area (Å²) < 4.78 is 0. The second kappa shape index (κ2) is 10.9. The molecule has 8 atom stereocenters. The minimum absolute atomic E-state index is 0.0622. The van der Waals surface area contributed by atoms with E-state index in [2.05, 4.69) is 32.2 Å². The molecule has 198 valence electrons. The Morgan fingerprint density at radius 3 is 2.54 bits per heavy atom. The van der Waals surface area contributed by atoms with E-state index in [1.165, 1.54) is 37.7 Å². The van der Waals surface area contributed by atoms with Gasteiger partial charge in [0.1, 0.15) is 0 Å². The molecule has 1 amide bonds. The standard InChI is InChI=1S/C30H49NO4/c1-20(28(35)31-18-8-6-4-5-7-9-27(33)34)24-12-13-25-23-11-10-21-19-22(32)14-16-29(21,2)26(23)15-17-30(24,25)3/h10,20,22-26,32H,4-9,11-19H2,1-3H3,(H,31,35)(H,33,34)/t20-,22-,23-,24+,25-,26-,29-,30+/m0/s1. The van der Waals surface area contributed by atoms with Crippen LogP contribution in [0, 0.1) is 40.4 Å². The Morgan fingerprint density at radius 2 is 1.77 bits per heavy atom. The lowest BCUT2D eigenvalue weighted by Gasteiger charge is -2.58. The fraction of sp³-hybridized carbons (Fsp3) is 0.867. The molecule has 3 fully saturated rings. The third-order valence-corrected chi connectivity index (χ3v) is 11.0. The first kappa shape index (κ1) is 26.7. The lowest BCUT2D eigenvalue weighted by Crippen LogP contribution is -2.51. The summed E-state index contributed by atoms with van der Waals surface area (Å²) in [5, 5.41) is 22.2. The van der Waals surface area contributed by atoms with Crippen LogP contribution in [0.3, 0.4) is 0 Å². The number of nitrogens with one attached hydrogen (secondary N) is 1. The van der Waals surface area contributed by atoms with Crippen molar-refractivity contribution in [2.45, 2.75) is 117 Å². The average molecular weight is 488 g/mol. The monoisotopic (exact) mass is 487 g/mol. The molecule has 35 heavy (non-hydrogen) atoms. The van der Waals surface area contributed by atoms with Gasteiger partial charge in [0, 0.05) is 18.9 Å². The highest BCUT2D eigenvalue weighted by Gasteiger charge is 2.59. The number of aliphatic carboxylic acids is 1. The molecule has 0 radical (unpaired) electrons. The molecule has 0 unspecified atom stereocenters. The van der Waals surface area contributed by atoms with Crippen molar-refractivity contribution in [2.24, 2.45) is 40.4 Å². The smallest absolute Gasteiger partial charge is 0.303 e. The van der Waals surface area contributed by atoms with Gasteiger partial charge >= 0.3 is 5.97 Å². The van der Waals surface area contributed by atoms with Crippen molar-refractivity contribution >= 4 is 11.9 Å². The summed E-state index contributed by atoms with van der Waals surface area (Å²) in [4.78, 5) is 23.7. The van der Waals surface area contributed by atoms with Gasteiger partial charge in [0.05, 0.1) is 6.10 Å². The van der Waals surface area contributed by atoms with Crippen LogP contribution in [0.1, 0.15) is 111 Å². The van der Waals surface area contributed by atoms with Crippen molar-refractivity contribution in [3.8, 4) is 0 Å². The number of hydrogen-bond donors (Lipinski definition) is 3. The summed E-state index contributed by atoms with van der Waals surface area (Å²) >= 11 is 0. The maximum absolute atomic E-state index is 13.1. The normalized spacial score (nSPS) is 39.1. The second-order valence-electron chi connectivity index (χ2n) is 12.9. The molecule has 0 heterocycles. The third kappa shape index (κ3) is 5.36. The quantitative estimate of drug-likeness (QED) is 0.256. The van der Waals surface area contributed by atoms with E-state index < -0.39 is 5.97 Å². The Bertz CT molecular complexity index is 808. The molecule has 4 aliphatic carbocycles. The first-order chi connectivity index (χ1) is 16.7. The highest BCUT2D eigenvalue weighted by molar-refractivity contribution is 5.78. The number of amides is 1. The van der Waals surface area contributed by atoms with Gasteiger partial charge in [0.25, 0.3) is 0 Å². The van der Waals surface area contributed by atoms with Gasteiger partial charge in [0.15, 0.2) is 0 Å². The number of aliphatic hydroxyl groups is 1. The Labute approximate surface area is 212 Å². The van der Waals surface area contributed by atoms with Gasteiger partial charge in [-0.05, 0) is 98.7 Å². The van der Waals surface area contributed by atoms with Gasteiger partial charge in [-0.3, -0.25) is 9.59 Å². The molecule has 0 bridgehead atoms. The molecule has 3 N–H and O–H groups in total. The minimum atomic E-state index is -0.713. The van der Waals surface area contributed by atoms with Crippen molar-refractivity contribution in [1.82, 2.24) is 5.32 Å². The molecule has 4 rings (SSSR count). The average Bonchev–Trinajstić information content (AvgIpc) is 3.17. The molecule has 5 heteroatoms.